The molecule has 0 unspecified atom stereocenters. The Kier molecular flexibility index (Phi) is 5.53. The summed E-state index contributed by atoms with van der Waals surface area (Å²) in [5.74, 6) is -0.0700. The van der Waals surface area contributed by atoms with Gasteiger partial charge in [-0.05, 0) is 55.7 Å². The van der Waals surface area contributed by atoms with Crippen LogP contribution in [0.5, 0.6) is 0 Å². The Balaban J connectivity index is 1.47. The number of hydrogen-bond donors (Lipinski definition) is 0. The Hall–Kier alpha value is -2.68. The lowest BCUT2D eigenvalue weighted by atomic mass is 9.84. The van der Waals surface area contributed by atoms with Gasteiger partial charge in [-0.15, -0.1) is 0 Å². The number of hydrogen-bond acceptors (Lipinski definition) is 5. The van der Waals surface area contributed by atoms with E-state index in [0.717, 1.165) is 43.4 Å². The molecular weight excluding hydrogens is 438 g/mol. The molecule has 0 spiro atoms. The third-order valence-corrected chi connectivity index (χ3v) is 6.92. The van der Waals surface area contributed by atoms with E-state index in [4.69, 9.17) is 11.6 Å². The minimum atomic E-state index is -2.72. The SMILES string of the molecule is C[C@@H]1CCN(C(=O)c2cc3c(nc2Cl)CCCC3)C[C@H]1c1cc(C(F)F)nc2ncnn12. The zero-order chi connectivity index (χ0) is 22.4. The van der Waals surface area contributed by atoms with Crippen molar-refractivity contribution in [1.29, 1.82) is 0 Å². The number of aromatic nitrogens is 5. The molecule has 2 aliphatic rings. The van der Waals surface area contributed by atoms with Crippen LogP contribution in [0, 0.1) is 5.92 Å². The Morgan fingerprint density at radius 1 is 1.22 bits per heavy atom. The molecule has 1 fully saturated rings. The van der Waals surface area contributed by atoms with Crippen LogP contribution < -0.4 is 0 Å². The first-order valence-corrected chi connectivity index (χ1v) is 11.3. The normalized spacial score (nSPS) is 21.2. The molecule has 2 atom stereocenters. The number of amides is 1. The number of fused-ring (bicyclic) bond motifs is 2. The molecule has 4 heterocycles. The van der Waals surface area contributed by atoms with Crippen LogP contribution in [-0.4, -0.2) is 48.5 Å². The van der Waals surface area contributed by atoms with E-state index in [1.165, 1.54) is 16.9 Å². The van der Waals surface area contributed by atoms with E-state index in [1.54, 1.807) is 4.90 Å². The van der Waals surface area contributed by atoms with Crippen molar-refractivity contribution in [1.82, 2.24) is 29.5 Å². The van der Waals surface area contributed by atoms with E-state index >= 15 is 0 Å². The summed E-state index contributed by atoms with van der Waals surface area (Å²) < 4.78 is 28.4. The van der Waals surface area contributed by atoms with E-state index in [2.05, 4.69) is 27.0 Å². The lowest BCUT2D eigenvalue weighted by Gasteiger charge is -2.37. The van der Waals surface area contributed by atoms with Crippen LogP contribution >= 0.6 is 11.6 Å². The fourth-order valence-electron chi connectivity index (χ4n) is 4.80. The zero-order valence-electron chi connectivity index (χ0n) is 17.6. The molecule has 5 rings (SSSR count). The molecule has 32 heavy (non-hydrogen) atoms. The summed E-state index contributed by atoms with van der Waals surface area (Å²) in [6.07, 6.45) is 3.26. The predicted octanol–water partition coefficient (Wildman–Crippen LogP) is 4.25. The first-order valence-electron chi connectivity index (χ1n) is 10.9. The molecule has 0 aromatic carbocycles. The second-order valence-corrected chi connectivity index (χ2v) is 9.00. The molecule has 1 amide bonds. The Morgan fingerprint density at radius 3 is 2.84 bits per heavy atom. The van der Waals surface area contributed by atoms with Crippen LogP contribution in [0.4, 0.5) is 8.78 Å². The number of pyridine rings is 1. The van der Waals surface area contributed by atoms with E-state index < -0.39 is 6.43 Å². The Morgan fingerprint density at radius 2 is 2.03 bits per heavy atom. The van der Waals surface area contributed by atoms with Gasteiger partial charge < -0.3 is 4.90 Å². The monoisotopic (exact) mass is 460 g/mol. The molecule has 1 saturated heterocycles. The van der Waals surface area contributed by atoms with Gasteiger partial charge in [0.1, 0.15) is 17.2 Å². The van der Waals surface area contributed by atoms with Gasteiger partial charge in [0.15, 0.2) is 0 Å². The molecule has 3 aromatic heterocycles. The fourth-order valence-corrected chi connectivity index (χ4v) is 5.04. The van der Waals surface area contributed by atoms with E-state index in [-0.39, 0.29) is 34.4 Å². The highest BCUT2D eigenvalue weighted by Gasteiger charge is 2.34. The van der Waals surface area contributed by atoms with E-state index in [1.807, 2.05) is 6.07 Å². The third-order valence-electron chi connectivity index (χ3n) is 6.63. The summed E-state index contributed by atoms with van der Waals surface area (Å²) in [6, 6.07) is 3.27. The quantitative estimate of drug-likeness (QED) is 0.546. The van der Waals surface area contributed by atoms with Crippen LogP contribution in [0.15, 0.2) is 18.5 Å². The molecule has 10 heteroatoms. The standard InChI is InChI=1S/C22H23ClF2N6O/c1-12-6-7-30(21(32)14-8-13-4-2-3-5-16(13)28-19(14)23)10-15(12)18-9-17(20(24)25)29-22-26-11-27-31(18)22/h8-9,11-12,15,20H,2-7,10H2,1H3/t12-,15-/m1/s1. The maximum atomic E-state index is 13.4. The summed E-state index contributed by atoms with van der Waals surface area (Å²) in [5, 5.41) is 4.41. The number of alkyl halides is 2. The van der Waals surface area contributed by atoms with Crippen LogP contribution in [0.3, 0.4) is 0 Å². The lowest BCUT2D eigenvalue weighted by molar-refractivity contribution is 0.0665. The largest absolute Gasteiger partial charge is 0.338 e. The number of aryl methyl sites for hydroxylation is 2. The molecule has 0 radical (unpaired) electrons. The summed E-state index contributed by atoms with van der Waals surface area (Å²) in [6.45, 7) is 3.00. The Labute approximate surface area is 188 Å². The van der Waals surface area contributed by atoms with Crippen molar-refractivity contribution in [3.8, 4) is 0 Å². The smallest absolute Gasteiger partial charge is 0.280 e. The van der Waals surface area contributed by atoms with Crippen LogP contribution in [0.1, 0.15) is 71.5 Å². The predicted molar refractivity (Wildman–Crippen MR) is 114 cm³/mol. The molecular formula is C22H23ClF2N6O. The minimum Gasteiger partial charge on any atom is -0.338 e. The van der Waals surface area contributed by atoms with Crippen molar-refractivity contribution >= 4 is 23.3 Å². The van der Waals surface area contributed by atoms with Gasteiger partial charge in [-0.3, -0.25) is 4.79 Å². The summed E-state index contributed by atoms with van der Waals surface area (Å²) in [4.78, 5) is 27.5. The number of piperidine rings is 1. The molecule has 0 N–H and O–H groups in total. The molecule has 0 saturated carbocycles. The van der Waals surface area contributed by atoms with Crippen molar-refractivity contribution < 1.29 is 13.6 Å². The molecule has 168 valence electrons. The van der Waals surface area contributed by atoms with Gasteiger partial charge >= 0.3 is 0 Å². The molecule has 3 aromatic rings. The maximum Gasteiger partial charge on any atom is 0.280 e. The first-order chi connectivity index (χ1) is 15.4. The van der Waals surface area contributed by atoms with Gasteiger partial charge in [-0.1, -0.05) is 18.5 Å². The zero-order valence-corrected chi connectivity index (χ0v) is 18.4. The first kappa shape index (κ1) is 21.2. The second kappa shape index (κ2) is 8.35. The summed E-state index contributed by atoms with van der Waals surface area (Å²) in [5.41, 5.74) is 2.73. The van der Waals surface area contributed by atoms with Gasteiger partial charge in [0.2, 0.25) is 0 Å². The third kappa shape index (κ3) is 3.72. The summed E-state index contributed by atoms with van der Waals surface area (Å²) in [7, 11) is 0. The molecule has 1 aliphatic heterocycles. The molecule has 0 bridgehead atoms. The van der Waals surface area contributed by atoms with Crippen LogP contribution in [0.2, 0.25) is 5.15 Å². The number of likely N-dealkylation sites (tertiary alicyclic amines) is 1. The van der Waals surface area contributed by atoms with Gasteiger partial charge in [0, 0.05) is 24.7 Å². The molecule has 7 nitrogen and oxygen atoms in total. The van der Waals surface area contributed by atoms with E-state index in [9.17, 15) is 13.6 Å². The number of halogens is 3. The number of carbonyl (C=O) groups is 1. The highest BCUT2D eigenvalue weighted by atomic mass is 35.5. The number of rotatable bonds is 3. The number of nitrogens with zero attached hydrogens (tertiary/aromatic N) is 6. The highest BCUT2D eigenvalue weighted by molar-refractivity contribution is 6.32. The average Bonchev–Trinajstić information content (AvgIpc) is 3.27. The van der Waals surface area contributed by atoms with Crippen LogP contribution in [0.25, 0.3) is 5.78 Å². The number of carbonyl (C=O) groups excluding carboxylic acids is 1. The van der Waals surface area contributed by atoms with Gasteiger partial charge in [-0.2, -0.15) is 10.1 Å². The van der Waals surface area contributed by atoms with Gasteiger partial charge in [-0.25, -0.2) is 23.3 Å². The fraction of sp³-hybridized carbons (Fsp3) is 0.500. The van der Waals surface area contributed by atoms with Crippen LogP contribution in [-0.2, 0) is 12.8 Å². The highest BCUT2D eigenvalue weighted by Crippen LogP contribution is 2.35. The topological polar surface area (TPSA) is 76.3 Å². The maximum absolute atomic E-state index is 13.4. The average molecular weight is 461 g/mol. The van der Waals surface area contributed by atoms with Crippen molar-refractivity contribution in [3.05, 3.63) is 51.8 Å². The second-order valence-electron chi connectivity index (χ2n) is 8.64. The van der Waals surface area contributed by atoms with Crippen molar-refractivity contribution in [3.63, 3.8) is 0 Å². The minimum absolute atomic E-state index is 0.135. The van der Waals surface area contributed by atoms with Gasteiger partial charge in [0.05, 0.1) is 11.3 Å². The van der Waals surface area contributed by atoms with Crippen molar-refractivity contribution in [2.75, 3.05) is 13.1 Å². The van der Waals surface area contributed by atoms with Crippen molar-refractivity contribution in [2.24, 2.45) is 5.92 Å². The van der Waals surface area contributed by atoms with Crippen molar-refractivity contribution in [2.45, 2.75) is 51.4 Å². The molecule has 1 aliphatic carbocycles. The summed E-state index contributed by atoms with van der Waals surface area (Å²) >= 11 is 6.40. The Bertz CT molecular complexity index is 1180. The van der Waals surface area contributed by atoms with Gasteiger partial charge in [0.25, 0.3) is 18.1 Å². The van der Waals surface area contributed by atoms with E-state index in [0.29, 0.717) is 24.3 Å². The lowest BCUT2D eigenvalue weighted by Crippen LogP contribution is -2.43.